The highest BCUT2D eigenvalue weighted by Gasteiger charge is 2.48. The number of aromatic nitrogens is 1. The topological polar surface area (TPSA) is 79.7 Å². The molecule has 36 heavy (non-hydrogen) atoms. The fraction of sp³-hybridized carbons (Fsp3) is 0.207. The van der Waals surface area contributed by atoms with Crippen molar-refractivity contribution in [1.29, 1.82) is 0 Å². The van der Waals surface area contributed by atoms with E-state index in [-0.39, 0.29) is 11.3 Å². The van der Waals surface area contributed by atoms with Gasteiger partial charge in [-0.3, -0.25) is 14.5 Å². The summed E-state index contributed by atoms with van der Waals surface area (Å²) in [5, 5.41) is 11.8. The molecule has 1 N–H and O–H groups in total. The number of amides is 1. The molecule has 2 heterocycles. The van der Waals surface area contributed by atoms with Crippen molar-refractivity contribution in [1.82, 2.24) is 4.98 Å². The summed E-state index contributed by atoms with van der Waals surface area (Å²) in [5.74, 6) is -1.12. The summed E-state index contributed by atoms with van der Waals surface area (Å²) in [4.78, 5) is 33.0. The number of hydrogen-bond donors (Lipinski definition) is 1. The Kier molecular flexibility index (Phi) is 6.33. The molecule has 1 fully saturated rings. The van der Waals surface area contributed by atoms with Crippen molar-refractivity contribution < 1.29 is 19.4 Å². The predicted octanol–water partition coefficient (Wildman–Crippen LogP) is 6.19. The number of aliphatic hydroxyl groups excluding tert-OH is 1. The molecule has 1 aliphatic rings. The van der Waals surface area contributed by atoms with E-state index >= 15 is 0 Å². The summed E-state index contributed by atoms with van der Waals surface area (Å²) in [6.07, 6.45) is 0.887. The average Bonchev–Trinajstić information content (AvgIpc) is 3.41. The first-order chi connectivity index (χ1) is 17.4. The Bertz CT molecular complexity index is 1520. The number of rotatable bonds is 6. The first kappa shape index (κ1) is 23.8. The second-order valence-corrected chi connectivity index (χ2v) is 9.71. The molecule has 5 rings (SSSR count). The van der Waals surface area contributed by atoms with E-state index in [4.69, 9.17) is 9.72 Å². The number of aliphatic hydroxyl groups is 1. The minimum atomic E-state index is -0.813. The summed E-state index contributed by atoms with van der Waals surface area (Å²) in [6.45, 7) is 6.37. The number of carbonyl (C=O) groups excluding carboxylic acids is 2. The van der Waals surface area contributed by atoms with Crippen LogP contribution in [0.1, 0.15) is 42.1 Å². The van der Waals surface area contributed by atoms with Crippen molar-refractivity contribution in [2.24, 2.45) is 0 Å². The van der Waals surface area contributed by atoms with Gasteiger partial charge in [0.05, 0.1) is 28.4 Å². The highest BCUT2D eigenvalue weighted by molar-refractivity contribution is 7.22. The molecular weight excluding hydrogens is 472 g/mol. The van der Waals surface area contributed by atoms with E-state index < -0.39 is 17.7 Å². The van der Waals surface area contributed by atoms with Crippen LogP contribution in [0.5, 0.6) is 5.75 Å². The second-order valence-electron chi connectivity index (χ2n) is 8.70. The summed E-state index contributed by atoms with van der Waals surface area (Å²) >= 11 is 1.37. The van der Waals surface area contributed by atoms with Gasteiger partial charge in [0.25, 0.3) is 5.78 Å². The third kappa shape index (κ3) is 4.16. The Morgan fingerprint density at radius 2 is 1.86 bits per heavy atom. The van der Waals surface area contributed by atoms with E-state index in [1.54, 1.807) is 24.3 Å². The minimum absolute atomic E-state index is 0.0350. The lowest BCUT2D eigenvalue weighted by atomic mass is 9.94. The van der Waals surface area contributed by atoms with Crippen LogP contribution in [-0.4, -0.2) is 28.4 Å². The normalized spacial score (nSPS) is 17.2. The van der Waals surface area contributed by atoms with Gasteiger partial charge in [-0.05, 0) is 55.7 Å². The molecule has 1 aliphatic heterocycles. The van der Waals surface area contributed by atoms with Gasteiger partial charge in [-0.1, -0.05) is 66.3 Å². The first-order valence-electron chi connectivity index (χ1n) is 11.9. The Morgan fingerprint density at radius 1 is 1.06 bits per heavy atom. The van der Waals surface area contributed by atoms with Crippen LogP contribution in [0, 0.1) is 6.92 Å². The Hall–Kier alpha value is -3.97. The van der Waals surface area contributed by atoms with Gasteiger partial charge in [-0.15, -0.1) is 0 Å². The lowest BCUT2D eigenvalue weighted by Crippen LogP contribution is -2.29. The third-order valence-electron chi connectivity index (χ3n) is 6.28. The van der Waals surface area contributed by atoms with Crippen LogP contribution in [0.3, 0.4) is 0 Å². The molecule has 3 aromatic carbocycles. The van der Waals surface area contributed by atoms with Gasteiger partial charge in [0.1, 0.15) is 11.5 Å². The number of carbonyl (C=O) groups is 2. The van der Waals surface area contributed by atoms with E-state index in [0.717, 1.165) is 27.8 Å². The maximum Gasteiger partial charge on any atom is 0.301 e. The molecule has 0 saturated carbocycles. The molecule has 0 radical (unpaired) electrons. The van der Waals surface area contributed by atoms with Crippen molar-refractivity contribution >= 4 is 44.1 Å². The standard InChI is InChI=1S/C29H26N2O4S/c1-4-18-12-13-22-23(15-18)36-29(30-22)31-25(19-9-6-8-17(3)14-19)24(27(33)28(31)34)26(32)20-10-7-11-21(16-20)35-5-2/h6-16,25,32H,4-5H2,1-3H3/b26-24+. The molecule has 0 bridgehead atoms. The highest BCUT2D eigenvalue weighted by Crippen LogP contribution is 2.44. The predicted molar refractivity (Wildman–Crippen MR) is 143 cm³/mol. The maximum absolute atomic E-state index is 13.5. The first-order valence-corrected chi connectivity index (χ1v) is 12.7. The molecule has 4 aromatic rings. The quantitative estimate of drug-likeness (QED) is 0.195. The number of thiazole rings is 1. The Labute approximate surface area is 213 Å². The van der Waals surface area contributed by atoms with Crippen molar-refractivity contribution in [3.05, 3.63) is 94.6 Å². The van der Waals surface area contributed by atoms with Gasteiger partial charge in [0, 0.05) is 5.56 Å². The van der Waals surface area contributed by atoms with E-state index in [1.807, 2.05) is 50.2 Å². The highest BCUT2D eigenvalue weighted by atomic mass is 32.1. The largest absolute Gasteiger partial charge is 0.507 e. The number of nitrogens with zero attached hydrogens (tertiary/aromatic N) is 2. The Balaban J connectivity index is 1.70. The zero-order valence-corrected chi connectivity index (χ0v) is 21.1. The lowest BCUT2D eigenvalue weighted by molar-refractivity contribution is -0.132. The van der Waals surface area contributed by atoms with Gasteiger partial charge in [-0.2, -0.15) is 0 Å². The lowest BCUT2D eigenvalue weighted by Gasteiger charge is -2.23. The van der Waals surface area contributed by atoms with E-state index in [1.165, 1.54) is 21.8 Å². The summed E-state index contributed by atoms with van der Waals surface area (Å²) in [5.41, 5.74) is 4.09. The number of hydrogen-bond acceptors (Lipinski definition) is 6. The van der Waals surface area contributed by atoms with Crippen molar-refractivity contribution in [2.45, 2.75) is 33.2 Å². The Morgan fingerprint density at radius 3 is 2.61 bits per heavy atom. The SMILES string of the molecule is CCOc1cccc(/C(O)=C2\C(=O)C(=O)N(c3nc4ccc(CC)cc4s3)C2c2cccc(C)c2)c1. The molecule has 182 valence electrons. The van der Waals surface area contributed by atoms with Crippen LogP contribution in [0.25, 0.3) is 16.0 Å². The van der Waals surface area contributed by atoms with E-state index in [9.17, 15) is 14.7 Å². The zero-order valence-electron chi connectivity index (χ0n) is 20.3. The molecule has 7 heteroatoms. The molecule has 1 unspecified atom stereocenters. The number of anilines is 1. The van der Waals surface area contributed by atoms with Crippen LogP contribution < -0.4 is 9.64 Å². The van der Waals surface area contributed by atoms with Crippen LogP contribution >= 0.6 is 11.3 Å². The molecular formula is C29H26N2O4S. The zero-order chi connectivity index (χ0) is 25.4. The molecule has 0 aliphatic carbocycles. The molecule has 1 aromatic heterocycles. The number of ether oxygens (including phenoxy) is 1. The van der Waals surface area contributed by atoms with Crippen LogP contribution in [0.4, 0.5) is 5.13 Å². The summed E-state index contributed by atoms with van der Waals surface area (Å²) in [6, 6.07) is 19.7. The van der Waals surface area contributed by atoms with Crippen molar-refractivity contribution in [3.8, 4) is 5.75 Å². The molecule has 1 saturated heterocycles. The smallest absolute Gasteiger partial charge is 0.301 e. The number of benzene rings is 3. The monoisotopic (exact) mass is 498 g/mol. The fourth-order valence-corrected chi connectivity index (χ4v) is 5.58. The number of Topliss-reactive ketones (excluding diaryl/α,β-unsaturated/α-hetero) is 1. The van der Waals surface area contributed by atoms with Gasteiger partial charge >= 0.3 is 5.91 Å². The molecule has 0 spiro atoms. The van der Waals surface area contributed by atoms with E-state index in [0.29, 0.717) is 23.1 Å². The number of fused-ring (bicyclic) bond motifs is 1. The second kappa shape index (κ2) is 9.59. The van der Waals surface area contributed by atoms with Crippen molar-refractivity contribution in [3.63, 3.8) is 0 Å². The number of ketones is 1. The van der Waals surface area contributed by atoms with Crippen LogP contribution in [0.15, 0.2) is 72.3 Å². The van der Waals surface area contributed by atoms with Crippen LogP contribution in [0.2, 0.25) is 0 Å². The molecule has 6 nitrogen and oxygen atoms in total. The fourth-order valence-electron chi connectivity index (χ4n) is 4.52. The van der Waals surface area contributed by atoms with E-state index in [2.05, 4.69) is 13.0 Å². The van der Waals surface area contributed by atoms with Gasteiger partial charge in [0.15, 0.2) is 5.13 Å². The molecule has 1 atom stereocenters. The van der Waals surface area contributed by atoms with Gasteiger partial charge in [-0.25, -0.2) is 4.98 Å². The third-order valence-corrected chi connectivity index (χ3v) is 7.29. The van der Waals surface area contributed by atoms with Gasteiger partial charge in [0.2, 0.25) is 0 Å². The van der Waals surface area contributed by atoms with Gasteiger partial charge < -0.3 is 9.84 Å². The maximum atomic E-state index is 13.5. The number of aryl methyl sites for hydroxylation is 2. The molecule has 1 amide bonds. The summed E-state index contributed by atoms with van der Waals surface area (Å²) in [7, 11) is 0. The van der Waals surface area contributed by atoms with Crippen LogP contribution in [-0.2, 0) is 16.0 Å². The average molecular weight is 499 g/mol. The van der Waals surface area contributed by atoms with Crippen molar-refractivity contribution in [2.75, 3.05) is 11.5 Å². The minimum Gasteiger partial charge on any atom is -0.507 e. The summed E-state index contributed by atoms with van der Waals surface area (Å²) < 4.78 is 6.52.